The van der Waals surface area contributed by atoms with Crippen molar-refractivity contribution in [1.82, 2.24) is 21.3 Å². The molecule has 1 aromatic rings. The van der Waals surface area contributed by atoms with Crippen LogP contribution in [0.25, 0.3) is 0 Å². The summed E-state index contributed by atoms with van der Waals surface area (Å²) in [6.45, 7) is 19.4. The molecular weight excluding hydrogens is 686 g/mol. The van der Waals surface area contributed by atoms with E-state index in [0.717, 1.165) is 5.56 Å². The number of rotatable bonds is 21. The molecule has 0 aliphatic carbocycles. The van der Waals surface area contributed by atoms with Crippen LogP contribution >= 0.6 is 0 Å². The monoisotopic (exact) mass is 743 g/mol. The van der Waals surface area contributed by atoms with Gasteiger partial charge in [0.05, 0.1) is 12.1 Å². The Morgan fingerprint density at radius 1 is 0.868 bits per heavy atom. The average Bonchev–Trinajstić information content (AvgIpc) is 3.03. The molecule has 0 aromatic heterocycles. The number of nitrogens with zero attached hydrogens (tertiary/aromatic N) is 1. The van der Waals surface area contributed by atoms with Crippen LogP contribution in [0.1, 0.15) is 86.1 Å². The van der Waals surface area contributed by atoms with Crippen LogP contribution in [0.4, 0.5) is 9.59 Å². The number of hydrogen-bond acceptors (Lipinski definition) is 11. The maximum absolute atomic E-state index is 13.7. The first-order valence-electron chi connectivity index (χ1n) is 17.5. The molecule has 15 nitrogen and oxygen atoms in total. The van der Waals surface area contributed by atoms with Gasteiger partial charge in [-0.3, -0.25) is 34.8 Å². The van der Waals surface area contributed by atoms with Gasteiger partial charge in [-0.1, -0.05) is 37.3 Å². The number of alkyl carbamates (subject to hydrolysis) is 2. The molecule has 0 heterocycles. The third kappa shape index (κ3) is 21.7. The second-order valence-corrected chi connectivity index (χ2v) is 14.2. The molecule has 1 rings (SSSR count). The molecule has 15 heteroatoms. The minimum atomic E-state index is -0.907. The van der Waals surface area contributed by atoms with Gasteiger partial charge in [0.25, 0.3) is 6.47 Å². The molecule has 4 amide bonds. The number of unbranched alkanes of at least 4 members (excludes halogenated alkanes) is 1. The van der Waals surface area contributed by atoms with E-state index in [1.54, 1.807) is 78.0 Å². The molecular formula is C38H57N5O10. The van der Waals surface area contributed by atoms with E-state index >= 15 is 0 Å². The van der Waals surface area contributed by atoms with E-state index in [1.807, 2.05) is 0 Å². The van der Waals surface area contributed by atoms with Crippen LogP contribution in [-0.2, 0) is 39.8 Å². The Balaban J connectivity index is 3.18. The fourth-order valence-electron chi connectivity index (χ4n) is 4.76. The molecule has 53 heavy (non-hydrogen) atoms. The van der Waals surface area contributed by atoms with Crippen LogP contribution in [0.3, 0.4) is 0 Å². The van der Waals surface area contributed by atoms with Gasteiger partial charge in [-0.25, -0.2) is 9.59 Å². The number of amides is 4. The Kier molecular flexibility index (Phi) is 20.2. The number of aliphatic imine (C=N–C) groups is 1. The maximum atomic E-state index is 13.7. The van der Waals surface area contributed by atoms with Gasteiger partial charge in [-0.15, -0.1) is 6.58 Å². The van der Waals surface area contributed by atoms with E-state index in [2.05, 4.69) is 39.4 Å². The fraction of sp³-hybridized carbons (Fsp3) is 0.553. The topological polar surface area (TPSA) is 200 Å². The lowest BCUT2D eigenvalue weighted by Crippen LogP contribution is -2.47. The van der Waals surface area contributed by atoms with Gasteiger partial charge in [0.15, 0.2) is 5.78 Å². The Hall–Kier alpha value is -5.21. The van der Waals surface area contributed by atoms with Gasteiger partial charge >= 0.3 is 12.2 Å². The Bertz CT molecular complexity index is 1380. The number of guanidine groups is 1. The van der Waals surface area contributed by atoms with Gasteiger partial charge in [-0.2, -0.15) is 0 Å². The number of carbonyl (C=O) groups is 6. The summed E-state index contributed by atoms with van der Waals surface area (Å²) in [5.41, 5.74) is -0.834. The van der Waals surface area contributed by atoms with Crippen LogP contribution in [0.15, 0.2) is 54.6 Å². The van der Waals surface area contributed by atoms with Crippen molar-refractivity contribution in [2.24, 2.45) is 10.9 Å². The third-order valence-corrected chi connectivity index (χ3v) is 6.95. The number of benzene rings is 1. The molecule has 1 aromatic carbocycles. The zero-order valence-electron chi connectivity index (χ0n) is 32.1. The summed E-state index contributed by atoms with van der Waals surface area (Å²) in [6, 6.07) is 5.62. The standard InChI is InChI=1S/C38H57N5O10/c1-10-14-29(24-50-25-44)41-33(47)28(23-32(46)31(40-26(3)45)22-27-16-18-30(19-17-27)51-21-11-2)15-12-13-20-39-34(42-35(48)52-37(4,5)6)43-36(49)53-38(7,8)9/h10-11,16-19,25,28-29,31H,1-2,12-15,20-24H2,3-9H3,(H,40,45)(H,41,47)(H2,39,42,43,48,49)/t28-,29-,31-/m0/s1. The highest BCUT2D eigenvalue weighted by atomic mass is 16.6. The largest absolute Gasteiger partial charge is 0.490 e. The van der Waals surface area contributed by atoms with Crippen LogP contribution in [0.5, 0.6) is 5.75 Å². The number of nitrogens with one attached hydrogen (secondary N) is 4. The first-order valence-corrected chi connectivity index (χ1v) is 17.5. The Labute approximate surface area is 312 Å². The first-order chi connectivity index (χ1) is 24.8. The van der Waals surface area contributed by atoms with Crippen molar-refractivity contribution < 1.29 is 47.7 Å². The molecule has 0 saturated heterocycles. The highest BCUT2D eigenvalue weighted by Crippen LogP contribution is 2.19. The summed E-state index contributed by atoms with van der Waals surface area (Å²) in [6.07, 6.45) is 2.90. The highest BCUT2D eigenvalue weighted by Gasteiger charge is 2.29. The molecule has 0 aliphatic heterocycles. The van der Waals surface area contributed by atoms with Crippen LogP contribution in [0.2, 0.25) is 0 Å². The molecule has 0 fully saturated rings. The summed E-state index contributed by atoms with van der Waals surface area (Å²) in [5, 5.41) is 10.4. The quantitative estimate of drug-likeness (QED) is 0.0342. The molecule has 0 radical (unpaired) electrons. The van der Waals surface area contributed by atoms with Crippen LogP contribution in [-0.4, -0.2) is 85.3 Å². The number of ether oxygens (including phenoxy) is 4. The number of hydrogen-bond donors (Lipinski definition) is 4. The summed E-state index contributed by atoms with van der Waals surface area (Å²) in [7, 11) is 0. The molecule has 4 N–H and O–H groups in total. The summed E-state index contributed by atoms with van der Waals surface area (Å²) >= 11 is 0. The predicted molar refractivity (Wildman–Crippen MR) is 200 cm³/mol. The second kappa shape index (κ2) is 23.4. The highest BCUT2D eigenvalue weighted by molar-refractivity contribution is 6.01. The number of ketones is 1. The van der Waals surface area contributed by atoms with E-state index in [4.69, 9.17) is 18.9 Å². The van der Waals surface area contributed by atoms with E-state index < -0.39 is 53.2 Å². The minimum absolute atomic E-state index is 0.0876. The zero-order chi connectivity index (χ0) is 40.0. The number of carbonyl (C=O) groups excluding carboxylic acids is 6. The van der Waals surface area contributed by atoms with Gasteiger partial charge in [0.2, 0.25) is 17.8 Å². The molecule has 3 atom stereocenters. The van der Waals surface area contributed by atoms with Crippen molar-refractivity contribution in [3.63, 3.8) is 0 Å². The number of Topliss-reactive ketones (excluding diaryl/α,β-unsaturated/α-hetero) is 1. The zero-order valence-corrected chi connectivity index (χ0v) is 32.1. The van der Waals surface area contributed by atoms with Crippen LogP contribution < -0.4 is 26.0 Å². The maximum Gasteiger partial charge on any atom is 0.414 e. The van der Waals surface area contributed by atoms with Crippen molar-refractivity contribution in [3.05, 3.63) is 55.1 Å². The van der Waals surface area contributed by atoms with E-state index in [-0.39, 0.29) is 50.6 Å². The van der Waals surface area contributed by atoms with Crippen molar-refractivity contribution in [2.45, 2.75) is 110 Å². The summed E-state index contributed by atoms with van der Waals surface area (Å²) in [4.78, 5) is 79.4. The van der Waals surface area contributed by atoms with Crippen molar-refractivity contribution in [3.8, 4) is 5.75 Å². The lowest BCUT2D eigenvalue weighted by Gasteiger charge is -2.23. The predicted octanol–water partition coefficient (Wildman–Crippen LogP) is 4.68. The normalized spacial score (nSPS) is 12.7. The van der Waals surface area contributed by atoms with E-state index in [1.165, 1.54) is 6.92 Å². The van der Waals surface area contributed by atoms with Crippen molar-refractivity contribution in [1.29, 1.82) is 0 Å². The molecule has 0 aliphatic rings. The molecule has 0 saturated carbocycles. The smallest absolute Gasteiger partial charge is 0.414 e. The van der Waals surface area contributed by atoms with E-state index in [0.29, 0.717) is 31.6 Å². The first kappa shape index (κ1) is 45.8. The van der Waals surface area contributed by atoms with Gasteiger partial charge in [0, 0.05) is 25.8 Å². The Morgan fingerprint density at radius 3 is 1.98 bits per heavy atom. The van der Waals surface area contributed by atoms with Gasteiger partial charge in [-0.05, 0) is 84.9 Å². The molecule has 0 bridgehead atoms. The lowest BCUT2D eigenvalue weighted by atomic mass is 9.90. The van der Waals surface area contributed by atoms with Gasteiger partial charge < -0.3 is 29.6 Å². The summed E-state index contributed by atoms with van der Waals surface area (Å²) < 4.78 is 20.9. The fourth-order valence-corrected chi connectivity index (χ4v) is 4.76. The minimum Gasteiger partial charge on any atom is -0.490 e. The average molecular weight is 744 g/mol. The lowest BCUT2D eigenvalue weighted by molar-refractivity contribution is -0.134. The third-order valence-electron chi connectivity index (χ3n) is 6.95. The van der Waals surface area contributed by atoms with Gasteiger partial charge in [0.1, 0.15) is 30.2 Å². The van der Waals surface area contributed by atoms with Crippen LogP contribution in [0, 0.1) is 5.92 Å². The summed E-state index contributed by atoms with van der Waals surface area (Å²) in [5.74, 6) is -1.56. The molecule has 0 spiro atoms. The van der Waals surface area contributed by atoms with E-state index in [9.17, 15) is 28.8 Å². The second-order valence-electron chi connectivity index (χ2n) is 14.2. The van der Waals surface area contributed by atoms with Crippen molar-refractivity contribution >= 4 is 42.2 Å². The molecule has 0 unspecified atom stereocenters. The molecule has 294 valence electrons. The van der Waals surface area contributed by atoms with Crippen molar-refractivity contribution in [2.75, 3.05) is 19.8 Å². The SMILES string of the molecule is C=CCOc1ccc(C[C@H](NC(C)=O)C(=O)C[C@H](CCCCN=C(NC(=O)OC(C)(C)C)NC(=O)OC(C)(C)C)C(=O)N[C@@H](CC=C)COC=O)cc1. The Morgan fingerprint density at radius 2 is 1.47 bits per heavy atom.